The smallest absolute Gasteiger partial charge is 0.248 e. The fourth-order valence-corrected chi connectivity index (χ4v) is 6.61. The Hall–Kier alpha value is -4.96. The van der Waals surface area contributed by atoms with Crippen molar-refractivity contribution in [2.24, 2.45) is 0 Å². The van der Waals surface area contributed by atoms with Crippen molar-refractivity contribution in [3.63, 3.8) is 0 Å². The second-order valence-electron chi connectivity index (χ2n) is 11.8. The standard InChI is InChI=1S/C40H37N3O.4CH4/c1-4-28(25-27(3)34-23-24-38-36(26-34)35-13-9-10-14-37(35)43(38)5-2)29-15-17-30(18-16-29)31-19-21-33(22-20-31)40-42-41-39(44-40)32-11-7-6-8-12-32;;;;/h6-24,26-28H,4-5,25H2,1-3H3;4*1H4. The Morgan fingerprint density at radius 1 is 0.562 bits per heavy atom. The Morgan fingerprint density at radius 3 is 1.71 bits per heavy atom. The topological polar surface area (TPSA) is 43.9 Å². The number of hydrogen-bond donors (Lipinski definition) is 0. The van der Waals surface area contributed by atoms with E-state index in [4.69, 9.17) is 4.42 Å². The van der Waals surface area contributed by atoms with Gasteiger partial charge < -0.3 is 8.98 Å². The maximum absolute atomic E-state index is 5.94. The van der Waals surface area contributed by atoms with Crippen LogP contribution in [0.1, 0.15) is 86.3 Å². The van der Waals surface area contributed by atoms with Crippen molar-refractivity contribution < 1.29 is 4.42 Å². The summed E-state index contributed by atoms with van der Waals surface area (Å²) in [5.41, 5.74) is 9.69. The van der Waals surface area contributed by atoms with Gasteiger partial charge >= 0.3 is 0 Å². The molecule has 0 spiro atoms. The highest BCUT2D eigenvalue weighted by Crippen LogP contribution is 2.36. The van der Waals surface area contributed by atoms with Gasteiger partial charge in [0.25, 0.3) is 0 Å². The fraction of sp³-hybridized carbons (Fsp3) is 0.273. The molecule has 0 saturated carbocycles. The zero-order chi connectivity index (χ0) is 30.0. The van der Waals surface area contributed by atoms with Crippen LogP contribution in [0.25, 0.3) is 55.8 Å². The first kappa shape index (κ1) is 37.5. The van der Waals surface area contributed by atoms with Crippen LogP contribution in [0.3, 0.4) is 0 Å². The maximum Gasteiger partial charge on any atom is 0.248 e. The van der Waals surface area contributed by atoms with Crippen LogP contribution in [-0.2, 0) is 6.54 Å². The summed E-state index contributed by atoms with van der Waals surface area (Å²) in [4.78, 5) is 0. The van der Waals surface area contributed by atoms with Gasteiger partial charge in [-0.1, -0.05) is 122 Å². The summed E-state index contributed by atoms with van der Waals surface area (Å²) < 4.78 is 8.37. The van der Waals surface area contributed by atoms with Crippen molar-refractivity contribution >= 4 is 21.8 Å². The second kappa shape index (κ2) is 16.2. The zero-order valence-corrected chi connectivity index (χ0v) is 25.6. The second-order valence-corrected chi connectivity index (χ2v) is 11.8. The summed E-state index contributed by atoms with van der Waals surface area (Å²) in [6.07, 6.45) is 2.24. The number of nitrogens with zero attached hydrogens (tertiary/aromatic N) is 3. The molecule has 48 heavy (non-hydrogen) atoms. The highest BCUT2D eigenvalue weighted by molar-refractivity contribution is 6.08. The summed E-state index contributed by atoms with van der Waals surface area (Å²) in [7, 11) is 0. The minimum absolute atomic E-state index is 0. The highest BCUT2D eigenvalue weighted by Gasteiger charge is 2.18. The SMILES string of the molecule is C.C.C.C.CCC(CC(C)c1ccc2c(c1)c1ccccc1n2CC)c1ccc(-c2ccc(-c3nnc(-c4ccccc4)o3)cc2)cc1. The average Bonchev–Trinajstić information content (AvgIpc) is 3.71. The van der Waals surface area contributed by atoms with Gasteiger partial charge in [0.2, 0.25) is 11.8 Å². The fourth-order valence-electron chi connectivity index (χ4n) is 6.61. The molecule has 0 fully saturated rings. The molecule has 7 aromatic rings. The van der Waals surface area contributed by atoms with Crippen molar-refractivity contribution in [2.45, 2.75) is 81.7 Å². The van der Waals surface area contributed by atoms with E-state index in [2.05, 4.69) is 127 Å². The quantitative estimate of drug-likeness (QED) is 0.158. The number of benzene rings is 5. The third-order valence-electron chi connectivity index (χ3n) is 9.11. The van der Waals surface area contributed by atoms with Gasteiger partial charge in [-0.05, 0) is 96.3 Å². The molecule has 2 unspecified atom stereocenters. The van der Waals surface area contributed by atoms with Gasteiger partial charge in [-0.3, -0.25) is 0 Å². The number of aryl methyl sites for hydroxylation is 1. The summed E-state index contributed by atoms with van der Waals surface area (Å²) in [5, 5.41) is 11.2. The molecule has 4 heteroatoms. The third kappa shape index (κ3) is 7.13. The number of hydrogen-bond acceptors (Lipinski definition) is 3. The van der Waals surface area contributed by atoms with E-state index >= 15 is 0 Å². The Kier molecular flexibility index (Phi) is 12.7. The van der Waals surface area contributed by atoms with Crippen molar-refractivity contribution in [3.05, 3.63) is 132 Å². The molecule has 4 nitrogen and oxygen atoms in total. The predicted octanol–water partition coefficient (Wildman–Crippen LogP) is 13.4. The van der Waals surface area contributed by atoms with Crippen LogP contribution in [0, 0.1) is 0 Å². The Balaban J connectivity index is 0.00000156. The van der Waals surface area contributed by atoms with E-state index in [1.807, 2.05) is 30.3 Å². The monoisotopic (exact) mass is 639 g/mol. The van der Waals surface area contributed by atoms with E-state index in [9.17, 15) is 0 Å². The van der Waals surface area contributed by atoms with E-state index in [1.54, 1.807) is 0 Å². The predicted molar refractivity (Wildman–Crippen MR) is 209 cm³/mol. The normalized spacial score (nSPS) is 11.9. The van der Waals surface area contributed by atoms with Crippen LogP contribution in [0.2, 0.25) is 0 Å². The summed E-state index contributed by atoms with van der Waals surface area (Å²) in [5.74, 6) is 2.03. The van der Waals surface area contributed by atoms with Crippen LogP contribution >= 0.6 is 0 Å². The molecule has 0 amide bonds. The van der Waals surface area contributed by atoms with Gasteiger partial charge in [0, 0.05) is 39.5 Å². The minimum Gasteiger partial charge on any atom is -0.416 e. The maximum atomic E-state index is 5.94. The Bertz CT molecular complexity index is 2020. The van der Waals surface area contributed by atoms with Crippen molar-refractivity contribution in [1.29, 1.82) is 0 Å². The van der Waals surface area contributed by atoms with Crippen molar-refractivity contribution in [1.82, 2.24) is 14.8 Å². The first-order chi connectivity index (χ1) is 21.6. The van der Waals surface area contributed by atoms with E-state index in [0.717, 1.165) is 30.5 Å². The van der Waals surface area contributed by atoms with Crippen molar-refractivity contribution in [3.8, 4) is 34.0 Å². The van der Waals surface area contributed by atoms with Gasteiger partial charge in [0.05, 0.1) is 0 Å². The summed E-state index contributed by atoms with van der Waals surface area (Å²) in [6, 6.07) is 43.2. The molecule has 0 radical (unpaired) electrons. The number of rotatable bonds is 9. The van der Waals surface area contributed by atoms with E-state index in [-0.39, 0.29) is 29.7 Å². The Labute approximate surface area is 288 Å². The first-order valence-corrected chi connectivity index (χ1v) is 15.7. The average molecular weight is 640 g/mol. The number of aromatic nitrogens is 3. The van der Waals surface area contributed by atoms with Crippen LogP contribution in [-0.4, -0.2) is 14.8 Å². The van der Waals surface area contributed by atoms with Gasteiger partial charge in [-0.2, -0.15) is 0 Å². The molecule has 0 aliphatic carbocycles. The molecule has 2 atom stereocenters. The molecular weight excluding hydrogens is 587 g/mol. The molecule has 5 aromatic carbocycles. The molecule has 0 bridgehead atoms. The van der Waals surface area contributed by atoms with Gasteiger partial charge in [-0.25, -0.2) is 0 Å². The van der Waals surface area contributed by atoms with Crippen LogP contribution in [0.5, 0.6) is 0 Å². The largest absolute Gasteiger partial charge is 0.416 e. The Morgan fingerprint density at radius 2 is 1.08 bits per heavy atom. The molecule has 0 aliphatic rings. The summed E-state index contributed by atoms with van der Waals surface area (Å²) in [6.45, 7) is 7.89. The lowest BCUT2D eigenvalue weighted by Gasteiger charge is -2.21. The first-order valence-electron chi connectivity index (χ1n) is 15.7. The van der Waals surface area contributed by atoms with E-state index in [0.29, 0.717) is 23.6 Å². The number of fused-ring (bicyclic) bond motifs is 3. The minimum atomic E-state index is 0. The van der Waals surface area contributed by atoms with Gasteiger partial charge in [0.1, 0.15) is 0 Å². The highest BCUT2D eigenvalue weighted by atomic mass is 16.4. The van der Waals surface area contributed by atoms with E-state index < -0.39 is 0 Å². The van der Waals surface area contributed by atoms with Gasteiger partial charge in [0.15, 0.2) is 0 Å². The third-order valence-corrected chi connectivity index (χ3v) is 9.11. The molecular formula is C44H53N3O. The number of para-hydroxylation sites is 1. The lowest BCUT2D eigenvalue weighted by Crippen LogP contribution is -2.04. The van der Waals surface area contributed by atoms with Crippen LogP contribution in [0.4, 0.5) is 0 Å². The molecule has 250 valence electrons. The summed E-state index contributed by atoms with van der Waals surface area (Å²) >= 11 is 0. The zero-order valence-electron chi connectivity index (χ0n) is 25.6. The lowest BCUT2D eigenvalue weighted by atomic mass is 9.84. The molecule has 0 saturated heterocycles. The molecule has 0 aliphatic heterocycles. The van der Waals surface area contributed by atoms with Crippen molar-refractivity contribution in [2.75, 3.05) is 0 Å². The van der Waals surface area contributed by atoms with Crippen LogP contribution < -0.4 is 0 Å². The molecule has 0 N–H and O–H groups in total. The van der Waals surface area contributed by atoms with Crippen LogP contribution in [0.15, 0.2) is 126 Å². The van der Waals surface area contributed by atoms with E-state index in [1.165, 1.54) is 44.1 Å². The lowest BCUT2D eigenvalue weighted by molar-refractivity contribution is 0.545. The molecule has 2 aromatic heterocycles. The molecule has 2 heterocycles. The van der Waals surface area contributed by atoms with Gasteiger partial charge in [-0.15, -0.1) is 10.2 Å². The molecule has 7 rings (SSSR count).